The summed E-state index contributed by atoms with van der Waals surface area (Å²) in [6, 6.07) is 0. The van der Waals surface area contributed by atoms with Crippen LogP contribution in [-0.2, 0) is 23.1 Å². The van der Waals surface area contributed by atoms with Crippen LogP contribution in [0, 0.1) is 0 Å². The summed E-state index contributed by atoms with van der Waals surface area (Å²) in [6.07, 6.45) is 6.43. The lowest BCUT2D eigenvalue weighted by Crippen LogP contribution is -2.39. The van der Waals surface area contributed by atoms with E-state index >= 15 is 0 Å². The average Bonchev–Trinajstić information content (AvgIpc) is 3.31. The number of amides is 1. The number of ether oxygens (including phenoxy) is 2. The predicted octanol–water partition coefficient (Wildman–Crippen LogP) is 2.04. The van der Waals surface area contributed by atoms with E-state index in [-0.39, 0.29) is 29.7 Å². The van der Waals surface area contributed by atoms with Crippen molar-refractivity contribution in [3.8, 4) is 0 Å². The fourth-order valence-corrected chi connectivity index (χ4v) is 5.15. The highest BCUT2D eigenvalue weighted by atomic mass is 31.2. The highest BCUT2D eigenvalue weighted by molar-refractivity contribution is 7.47. The molecule has 4 heterocycles. The number of aliphatic hydroxyl groups excluding tert-OH is 1. The van der Waals surface area contributed by atoms with Crippen molar-refractivity contribution in [1.82, 2.24) is 19.5 Å². The fraction of sp³-hybridized carbons (Fsp3) is 0.579. The Morgan fingerprint density at radius 3 is 3.03 bits per heavy atom. The molecule has 2 saturated heterocycles. The van der Waals surface area contributed by atoms with E-state index in [1.54, 1.807) is 0 Å². The van der Waals surface area contributed by atoms with Crippen molar-refractivity contribution in [2.75, 3.05) is 11.9 Å². The number of aromatic nitrogens is 4. The smallest absolute Gasteiger partial charge is 0.442 e. The Labute approximate surface area is 188 Å². The second kappa shape index (κ2) is 9.09. The zero-order valence-electron chi connectivity index (χ0n) is 17.5. The number of aliphatic hydroxyl groups is 1. The monoisotopic (exact) mass is 481 g/mol. The van der Waals surface area contributed by atoms with Gasteiger partial charge in [-0.25, -0.2) is 24.3 Å². The van der Waals surface area contributed by atoms with Gasteiger partial charge in [-0.1, -0.05) is 12.5 Å². The van der Waals surface area contributed by atoms with E-state index in [2.05, 4.69) is 20.3 Å². The van der Waals surface area contributed by atoms with Crippen LogP contribution in [0.1, 0.15) is 38.3 Å². The van der Waals surface area contributed by atoms with Crippen LogP contribution in [0.4, 0.5) is 10.6 Å². The molecule has 0 saturated carbocycles. The predicted molar refractivity (Wildman–Crippen MR) is 112 cm³/mol. The van der Waals surface area contributed by atoms with E-state index in [9.17, 15) is 19.4 Å². The molecule has 2 fully saturated rings. The normalized spacial score (nSPS) is 35.4. The third-order valence-electron chi connectivity index (χ3n) is 5.79. The van der Waals surface area contributed by atoms with E-state index in [1.165, 1.54) is 17.2 Å². The largest absolute Gasteiger partial charge is 0.472 e. The van der Waals surface area contributed by atoms with Crippen LogP contribution in [0.2, 0.25) is 0 Å². The SMILES string of the molecule is O=C(Nc1ncnc2c1ncn2[C@@H]1OC2COP(=O)(O)OC2C1O)OC1/C=C/CCCCC1. The van der Waals surface area contributed by atoms with Crippen molar-refractivity contribution >= 4 is 30.9 Å². The number of nitrogens with zero attached hydrogens (tertiary/aromatic N) is 4. The number of carbonyl (C=O) groups excluding carboxylic acids is 1. The summed E-state index contributed by atoms with van der Waals surface area (Å²) in [5.74, 6) is 0.142. The Bertz CT molecular complexity index is 1110. The van der Waals surface area contributed by atoms with E-state index in [0.717, 1.165) is 32.1 Å². The van der Waals surface area contributed by atoms with Crippen molar-refractivity contribution < 1.29 is 37.9 Å². The molecule has 13 nitrogen and oxygen atoms in total. The average molecular weight is 481 g/mol. The molecule has 3 N–H and O–H groups in total. The molecule has 2 aliphatic heterocycles. The lowest BCUT2D eigenvalue weighted by atomic mass is 10.0. The number of allylic oxidation sites excluding steroid dienone is 1. The van der Waals surface area contributed by atoms with Crippen LogP contribution < -0.4 is 5.32 Å². The number of hydrogen-bond acceptors (Lipinski definition) is 10. The van der Waals surface area contributed by atoms with Gasteiger partial charge in [-0.3, -0.25) is 18.9 Å². The standard InChI is InChI=1S/C19H24N5O8P/c25-14-15-12(8-29-33(27,28)32-15)31-18(14)24-10-22-13-16(20-9-21-17(13)24)23-19(26)30-11-6-4-2-1-3-5-7-11/h4,6,9-12,14-15,18,25H,1-3,5,7-8H2,(H,27,28)(H,20,21,23,26)/b6-4+/t11?,12?,14?,15?,18-/m1/s1. The maximum atomic E-state index is 12.5. The Kier molecular flexibility index (Phi) is 6.16. The summed E-state index contributed by atoms with van der Waals surface area (Å²) in [4.78, 5) is 34.5. The summed E-state index contributed by atoms with van der Waals surface area (Å²) in [7, 11) is -4.25. The molecule has 33 heavy (non-hydrogen) atoms. The summed E-state index contributed by atoms with van der Waals surface area (Å²) in [5, 5.41) is 13.3. The lowest BCUT2D eigenvalue weighted by molar-refractivity contribution is -0.0664. The summed E-state index contributed by atoms with van der Waals surface area (Å²) < 4.78 is 34.2. The van der Waals surface area contributed by atoms with Gasteiger partial charge in [0.05, 0.1) is 12.9 Å². The number of rotatable bonds is 3. The lowest BCUT2D eigenvalue weighted by Gasteiger charge is -2.27. The number of anilines is 1. The van der Waals surface area contributed by atoms with Gasteiger partial charge < -0.3 is 19.5 Å². The van der Waals surface area contributed by atoms with Gasteiger partial charge in [-0.05, 0) is 31.8 Å². The third-order valence-corrected chi connectivity index (χ3v) is 6.77. The summed E-state index contributed by atoms with van der Waals surface area (Å²) >= 11 is 0. The molecule has 6 atom stereocenters. The molecule has 1 amide bonds. The summed E-state index contributed by atoms with van der Waals surface area (Å²) in [6.45, 7) is -0.206. The molecular formula is C19H24N5O8P. The van der Waals surface area contributed by atoms with Gasteiger partial charge in [0.15, 0.2) is 23.2 Å². The van der Waals surface area contributed by atoms with Gasteiger partial charge in [0.2, 0.25) is 0 Å². The van der Waals surface area contributed by atoms with Crippen molar-refractivity contribution in [2.45, 2.75) is 62.7 Å². The quantitative estimate of drug-likeness (QED) is 0.433. The molecule has 178 valence electrons. The number of fused-ring (bicyclic) bond motifs is 2. The molecule has 2 aromatic rings. The van der Waals surface area contributed by atoms with Crippen LogP contribution >= 0.6 is 7.82 Å². The van der Waals surface area contributed by atoms with Crippen LogP contribution in [0.5, 0.6) is 0 Å². The number of phosphoric ester groups is 1. The van der Waals surface area contributed by atoms with E-state index < -0.39 is 38.5 Å². The molecule has 0 bridgehead atoms. The first kappa shape index (κ1) is 22.4. The maximum absolute atomic E-state index is 12.5. The highest BCUT2D eigenvalue weighted by Gasteiger charge is 2.52. The Balaban J connectivity index is 1.33. The number of imidazole rings is 1. The molecule has 5 rings (SSSR count). The van der Waals surface area contributed by atoms with Gasteiger partial charge in [0, 0.05) is 0 Å². The minimum absolute atomic E-state index is 0.142. The first-order valence-corrected chi connectivity index (χ1v) is 12.2. The van der Waals surface area contributed by atoms with Gasteiger partial charge in [0.25, 0.3) is 0 Å². The molecule has 2 aromatic heterocycles. The number of nitrogens with one attached hydrogen (secondary N) is 1. The second-order valence-electron chi connectivity index (χ2n) is 8.07. The van der Waals surface area contributed by atoms with Crippen molar-refractivity contribution in [3.05, 3.63) is 24.8 Å². The molecule has 0 radical (unpaired) electrons. The summed E-state index contributed by atoms with van der Waals surface area (Å²) in [5.41, 5.74) is 0.542. The van der Waals surface area contributed by atoms with E-state index in [0.29, 0.717) is 0 Å². The van der Waals surface area contributed by atoms with Crippen molar-refractivity contribution in [2.24, 2.45) is 0 Å². The molecular weight excluding hydrogens is 457 g/mol. The van der Waals surface area contributed by atoms with E-state index in [4.69, 9.17) is 18.5 Å². The molecule has 1 aliphatic carbocycles. The van der Waals surface area contributed by atoms with Gasteiger partial charge >= 0.3 is 13.9 Å². The van der Waals surface area contributed by atoms with Gasteiger partial charge in [-0.15, -0.1) is 0 Å². The zero-order chi connectivity index (χ0) is 23.0. The van der Waals surface area contributed by atoms with Crippen LogP contribution in [0.25, 0.3) is 11.2 Å². The maximum Gasteiger partial charge on any atom is 0.472 e. The van der Waals surface area contributed by atoms with Gasteiger partial charge in [0.1, 0.15) is 30.7 Å². The number of hydrogen-bond donors (Lipinski definition) is 3. The first-order chi connectivity index (χ1) is 15.9. The molecule has 14 heteroatoms. The van der Waals surface area contributed by atoms with Crippen LogP contribution in [-0.4, -0.2) is 66.6 Å². The first-order valence-electron chi connectivity index (χ1n) is 10.7. The number of carbonyl (C=O) groups is 1. The molecule has 3 aliphatic rings. The molecule has 0 spiro atoms. The number of phosphoric acid groups is 1. The topological polar surface area (TPSA) is 167 Å². The third kappa shape index (κ3) is 4.65. The molecule has 0 aromatic carbocycles. The highest BCUT2D eigenvalue weighted by Crippen LogP contribution is 2.52. The van der Waals surface area contributed by atoms with Crippen LogP contribution in [0.15, 0.2) is 24.8 Å². The minimum Gasteiger partial charge on any atom is -0.442 e. The Morgan fingerprint density at radius 1 is 1.27 bits per heavy atom. The Hall–Kier alpha value is -2.41. The van der Waals surface area contributed by atoms with Gasteiger partial charge in [-0.2, -0.15) is 0 Å². The van der Waals surface area contributed by atoms with Crippen molar-refractivity contribution in [1.29, 1.82) is 0 Å². The fourth-order valence-electron chi connectivity index (χ4n) is 4.19. The van der Waals surface area contributed by atoms with Crippen molar-refractivity contribution in [3.63, 3.8) is 0 Å². The van der Waals surface area contributed by atoms with Crippen LogP contribution in [0.3, 0.4) is 0 Å². The Morgan fingerprint density at radius 2 is 2.15 bits per heavy atom. The second-order valence-corrected chi connectivity index (χ2v) is 9.48. The molecule has 5 unspecified atom stereocenters. The minimum atomic E-state index is -4.25. The zero-order valence-corrected chi connectivity index (χ0v) is 18.4. The van der Waals surface area contributed by atoms with E-state index in [1.807, 2.05) is 12.2 Å².